The SMILES string of the molecule is CC(C)(c1ccccc1)c1cccc(-c2cc[c-]c(-c3nccc4ccccc34)c2)c1.[Ir]. The summed E-state index contributed by atoms with van der Waals surface area (Å²) in [6.45, 7) is 4.57. The second kappa shape index (κ2) is 9.20. The Morgan fingerprint density at radius 2 is 1.41 bits per heavy atom. The van der Waals surface area contributed by atoms with E-state index in [2.05, 4.69) is 122 Å². The van der Waals surface area contributed by atoms with Crippen LogP contribution in [0.2, 0.25) is 0 Å². The molecule has 1 heterocycles. The van der Waals surface area contributed by atoms with Crippen LogP contribution in [-0.2, 0) is 25.5 Å². The molecule has 0 bridgehead atoms. The molecule has 1 radical (unpaired) electrons. The molecular weight excluding hydrogens is 567 g/mol. The van der Waals surface area contributed by atoms with Crippen molar-refractivity contribution in [2.45, 2.75) is 19.3 Å². The number of aromatic nitrogens is 1. The van der Waals surface area contributed by atoms with Crippen LogP contribution in [0.25, 0.3) is 33.2 Å². The fourth-order valence-corrected chi connectivity index (χ4v) is 4.23. The van der Waals surface area contributed by atoms with Crippen LogP contribution in [0, 0.1) is 6.07 Å². The third-order valence-electron chi connectivity index (χ3n) is 6.14. The van der Waals surface area contributed by atoms with Crippen molar-refractivity contribution in [1.29, 1.82) is 0 Å². The molecule has 0 aliphatic heterocycles. The first kappa shape index (κ1) is 22.1. The molecule has 0 amide bonds. The summed E-state index contributed by atoms with van der Waals surface area (Å²) >= 11 is 0. The maximum absolute atomic E-state index is 4.68. The van der Waals surface area contributed by atoms with E-state index < -0.39 is 0 Å². The van der Waals surface area contributed by atoms with Crippen molar-refractivity contribution in [2.24, 2.45) is 0 Å². The first-order chi connectivity index (χ1) is 15.1. The van der Waals surface area contributed by atoms with Gasteiger partial charge in [-0.25, -0.2) is 0 Å². The molecule has 32 heavy (non-hydrogen) atoms. The van der Waals surface area contributed by atoms with Crippen molar-refractivity contribution in [3.05, 3.63) is 127 Å². The van der Waals surface area contributed by atoms with Crippen LogP contribution in [0.1, 0.15) is 25.0 Å². The number of rotatable bonds is 4. The molecule has 4 aromatic carbocycles. The molecule has 0 spiro atoms. The van der Waals surface area contributed by atoms with E-state index in [9.17, 15) is 0 Å². The van der Waals surface area contributed by atoms with E-state index in [1.807, 2.05) is 12.3 Å². The predicted octanol–water partition coefficient (Wildman–Crippen LogP) is 7.69. The average molecular weight is 591 g/mol. The second-order valence-electron chi connectivity index (χ2n) is 8.44. The zero-order valence-corrected chi connectivity index (χ0v) is 20.6. The summed E-state index contributed by atoms with van der Waals surface area (Å²) in [6, 6.07) is 39.7. The van der Waals surface area contributed by atoms with Gasteiger partial charge in [-0.3, -0.25) is 0 Å². The molecule has 0 fully saturated rings. The molecule has 5 rings (SSSR count). The Hall–Kier alpha value is -3.06. The van der Waals surface area contributed by atoms with Gasteiger partial charge in [0.05, 0.1) is 0 Å². The molecule has 0 atom stereocenters. The van der Waals surface area contributed by atoms with E-state index in [4.69, 9.17) is 0 Å². The van der Waals surface area contributed by atoms with Crippen LogP contribution < -0.4 is 0 Å². The number of nitrogens with zero attached hydrogens (tertiary/aromatic N) is 1. The van der Waals surface area contributed by atoms with Crippen LogP contribution in [0.15, 0.2) is 109 Å². The quantitative estimate of drug-likeness (QED) is 0.196. The normalized spacial score (nSPS) is 11.2. The molecule has 1 nitrogen and oxygen atoms in total. The third-order valence-corrected chi connectivity index (χ3v) is 6.14. The van der Waals surface area contributed by atoms with E-state index in [0.29, 0.717) is 0 Å². The van der Waals surface area contributed by atoms with Gasteiger partial charge < -0.3 is 4.98 Å². The molecule has 0 N–H and O–H groups in total. The van der Waals surface area contributed by atoms with Gasteiger partial charge in [-0.1, -0.05) is 92.7 Å². The number of pyridine rings is 1. The van der Waals surface area contributed by atoms with Crippen LogP contribution in [-0.4, -0.2) is 4.98 Å². The second-order valence-corrected chi connectivity index (χ2v) is 8.44. The number of fused-ring (bicyclic) bond motifs is 1. The summed E-state index contributed by atoms with van der Waals surface area (Å²) in [5, 5.41) is 2.34. The topological polar surface area (TPSA) is 12.9 Å². The van der Waals surface area contributed by atoms with Gasteiger partial charge >= 0.3 is 0 Å². The molecule has 0 saturated heterocycles. The van der Waals surface area contributed by atoms with Gasteiger partial charge in [0.1, 0.15) is 0 Å². The number of hydrogen-bond acceptors (Lipinski definition) is 1. The number of benzene rings is 4. The van der Waals surface area contributed by atoms with Gasteiger partial charge in [-0.2, -0.15) is 0 Å². The summed E-state index contributed by atoms with van der Waals surface area (Å²) in [5.41, 5.74) is 6.91. The van der Waals surface area contributed by atoms with Crippen molar-refractivity contribution in [3.63, 3.8) is 0 Å². The molecular formula is C30H24IrN-. The Balaban J connectivity index is 0.00000245. The van der Waals surface area contributed by atoms with Crippen molar-refractivity contribution in [1.82, 2.24) is 4.98 Å². The van der Waals surface area contributed by atoms with Crippen molar-refractivity contribution in [3.8, 4) is 22.4 Å². The fraction of sp³-hybridized carbons (Fsp3) is 0.100. The molecule has 5 aromatic rings. The first-order valence-corrected chi connectivity index (χ1v) is 10.7. The monoisotopic (exact) mass is 591 g/mol. The minimum Gasteiger partial charge on any atom is -0.304 e. The van der Waals surface area contributed by atoms with E-state index in [1.165, 1.54) is 27.6 Å². The summed E-state index contributed by atoms with van der Waals surface area (Å²) in [4.78, 5) is 4.68. The van der Waals surface area contributed by atoms with E-state index in [0.717, 1.165) is 16.6 Å². The molecule has 159 valence electrons. The van der Waals surface area contributed by atoms with E-state index in [-0.39, 0.29) is 25.5 Å². The van der Waals surface area contributed by atoms with Gasteiger partial charge in [0, 0.05) is 31.7 Å². The minimum absolute atomic E-state index is 0. The zero-order valence-electron chi connectivity index (χ0n) is 18.2. The Bertz CT molecular complexity index is 1350. The molecule has 0 aliphatic carbocycles. The van der Waals surface area contributed by atoms with Crippen LogP contribution in [0.5, 0.6) is 0 Å². The molecule has 2 heteroatoms. The van der Waals surface area contributed by atoms with Crippen molar-refractivity contribution >= 4 is 10.8 Å². The predicted molar refractivity (Wildman–Crippen MR) is 130 cm³/mol. The largest absolute Gasteiger partial charge is 0.304 e. The molecule has 0 aliphatic rings. The van der Waals surface area contributed by atoms with E-state index in [1.54, 1.807) is 0 Å². The average Bonchev–Trinajstić information content (AvgIpc) is 2.84. The molecule has 1 aromatic heterocycles. The molecule has 0 saturated carbocycles. The van der Waals surface area contributed by atoms with Crippen molar-refractivity contribution < 1.29 is 20.1 Å². The van der Waals surface area contributed by atoms with Gasteiger partial charge in [0.25, 0.3) is 0 Å². The standard InChI is InChI=1S/C30H24N.Ir/c1-30(2,26-14-4-3-5-15-26)27-16-9-12-24(21-27)23-11-8-13-25(20-23)29-28-17-7-6-10-22(28)18-19-31-29;/h3-12,14-21H,1-2H3;/q-1;. The first-order valence-electron chi connectivity index (χ1n) is 10.7. The van der Waals surface area contributed by atoms with Crippen LogP contribution >= 0.6 is 0 Å². The Labute approximate surface area is 203 Å². The summed E-state index contributed by atoms with van der Waals surface area (Å²) in [7, 11) is 0. The van der Waals surface area contributed by atoms with Gasteiger partial charge in [-0.15, -0.1) is 35.4 Å². The fourth-order valence-electron chi connectivity index (χ4n) is 4.23. The smallest absolute Gasteiger partial charge is 0.0167 e. The Morgan fingerprint density at radius 3 is 2.25 bits per heavy atom. The maximum atomic E-state index is 4.68. The Morgan fingerprint density at radius 1 is 0.688 bits per heavy atom. The van der Waals surface area contributed by atoms with Crippen LogP contribution in [0.4, 0.5) is 0 Å². The van der Waals surface area contributed by atoms with Crippen molar-refractivity contribution in [2.75, 3.05) is 0 Å². The minimum atomic E-state index is -0.0712. The maximum Gasteiger partial charge on any atom is 0.0167 e. The summed E-state index contributed by atoms with van der Waals surface area (Å²) in [6.07, 6.45) is 1.88. The number of hydrogen-bond donors (Lipinski definition) is 0. The third kappa shape index (κ3) is 4.17. The summed E-state index contributed by atoms with van der Waals surface area (Å²) < 4.78 is 0. The Kier molecular flexibility index (Phi) is 6.37. The van der Waals surface area contributed by atoms with Crippen LogP contribution in [0.3, 0.4) is 0 Å². The molecule has 0 unspecified atom stereocenters. The zero-order chi connectivity index (χ0) is 21.3. The van der Waals surface area contributed by atoms with Gasteiger partial charge in [0.15, 0.2) is 0 Å². The van der Waals surface area contributed by atoms with Gasteiger partial charge in [0.2, 0.25) is 0 Å². The summed E-state index contributed by atoms with van der Waals surface area (Å²) in [5.74, 6) is 0. The van der Waals surface area contributed by atoms with Gasteiger partial charge in [-0.05, 0) is 39.2 Å². The van der Waals surface area contributed by atoms with E-state index >= 15 is 0 Å².